The molecule has 1 fully saturated rings. The summed E-state index contributed by atoms with van der Waals surface area (Å²) >= 11 is 0. The molecule has 1 aromatic carbocycles. The summed E-state index contributed by atoms with van der Waals surface area (Å²) in [6.45, 7) is 3.41. The second-order valence-electron chi connectivity index (χ2n) is 6.88. The number of hydrogen-bond donors (Lipinski definition) is 1. The Hall–Kier alpha value is -3.82. The number of aryl methyl sites for hydroxylation is 1. The zero-order valence-corrected chi connectivity index (χ0v) is 15.7. The van der Waals surface area contributed by atoms with Crippen LogP contribution in [0, 0.1) is 6.92 Å². The van der Waals surface area contributed by atoms with Crippen molar-refractivity contribution in [1.29, 1.82) is 0 Å². The fourth-order valence-electron chi connectivity index (χ4n) is 3.52. The number of H-pyrrole nitrogens is 1. The number of anilines is 1. The fourth-order valence-corrected chi connectivity index (χ4v) is 3.52. The van der Waals surface area contributed by atoms with Gasteiger partial charge >= 0.3 is 0 Å². The highest BCUT2D eigenvalue weighted by molar-refractivity contribution is 5.94. The van der Waals surface area contributed by atoms with Crippen LogP contribution in [0.4, 0.5) is 6.01 Å². The number of pyridine rings is 1. The second kappa shape index (κ2) is 6.97. The number of benzene rings is 1. The number of piperazine rings is 1. The smallest absolute Gasteiger partial charge is 0.300 e. The van der Waals surface area contributed by atoms with Gasteiger partial charge in [0, 0.05) is 24.3 Å². The highest BCUT2D eigenvalue weighted by atomic mass is 16.4. The Balaban J connectivity index is 1.46. The first-order valence-corrected chi connectivity index (χ1v) is 9.28. The topological polar surface area (TPSA) is 117 Å². The Kier molecular flexibility index (Phi) is 4.15. The molecule has 1 N–H and O–H groups in total. The Bertz CT molecular complexity index is 1140. The number of rotatable bonds is 3. The molecule has 4 heterocycles. The molecule has 0 bridgehead atoms. The van der Waals surface area contributed by atoms with Gasteiger partial charge in [-0.05, 0) is 41.6 Å². The summed E-state index contributed by atoms with van der Waals surface area (Å²) in [7, 11) is 0. The first-order chi connectivity index (χ1) is 14.2. The summed E-state index contributed by atoms with van der Waals surface area (Å²) in [6.07, 6.45) is 0. The summed E-state index contributed by atoms with van der Waals surface area (Å²) in [5.74, 6) is 0.450. The lowest BCUT2D eigenvalue weighted by Crippen LogP contribution is -2.51. The van der Waals surface area contributed by atoms with Crippen molar-refractivity contribution in [3.63, 3.8) is 0 Å². The van der Waals surface area contributed by atoms with Gasteiger partial charge in [-0.2, -0.15) is 4.98 Å². The molecule has 1 saturated heterocycles. The van der Waals surface area contributed by atoms with Crippen LogP contribution >= 0.6 is 0 Å². The molecule has 1 amide bonds. The third-order valence-electron chi connectivity index (χ3n) is 4.99. The van der Waals surface area contributed by atoms with E-state index in [1.807, 2.05) is 42.2 Å². The number of tetrazole rings is 1. The number of aromatic amines is 1. The van der Waals surface area contributed by atoms with Gasteiger partial charge in [-0.1, -0.05) is 18.2 Å². The van der Waals surface area contributed by atoms with Crippen molar-refractivity contribution in [3.8, 4) is 0 Å². The van der Waals surface area contributed by atoms with Gasteiger partial charge < -0.3 is 14.2 Å². The molecule has 1 aliphatic rings. The van der Waals surface area contributed by atoms with Gasteiger partial charge in [0.05, 0.1) is 6.54 Å². The third-order valence-corrected chi connectivity index (χ3v) is 4.99. The van der Waals surface area contributed by atoms with E-state index in [0.29, 0.717) is 48.3 Å². The van der Waals surface area contributed by atoms with E-state index in [0.717, 1.165) is 5.69 Å². The number of carbonyl (C=O) groups is 1. The van der Waals surface area contributed by atoms with Gasteiger partial charge in [0.2, 0.25) is 5.65 Å². The summed E-state index contributed by atoms with van der Waals surface area (Å²) in [5, 5.41) is 14.2. The lowest BCUT2D eigenvalue weighted by Gasteiger charge is -2.39. The van der Waals surface area contributed by atoms with Crippen molar-refractivity contribution in [3.05, 3.63) is 59.5 Å². The number of nitrogens with zero attached hydrogens (tertiary/aromatic N) is 7. The standard InChI is InChI=1S/C19H18N8O2/c1-12-7-8-15-17(20-12)21-19(29-15)26-9-10-27(14(11-26)16-22-24-25-23-16)18(28)13-5-3-2-4-6-13/h2-8,14H,9-11H2,1H3,(H,22,23,24,25). The lowest BCUT2D eigenvalue weighted by molar-refractivity contribution is 0.0642. The van der Waals surface area contributed by atoms with Crippen LogP contribution in [0.5, 0.6) is 0 Å². The minimum Gasteiger partial charge on any atom is -0.422 e. The first kappa shape index (κ1) is 17.3. The van der Waals surface area contributed by atoms with Gasteiger partial charge in [0.15, 0.2) is 11.4 Å². The van der Waals surface area contributed by atoms with Crippen molar-refractivity contribution < 1.29 is 9.21 Å². The number of oxazole rings is 1. The number of aromatic nitrogens is 6. The van der Waals surface area contributed by atoms with E-state index in [1.54, 1.807) is 17.0 Å². The second-order valence-corrected chi connectivity index (χ2v) is 6.88. The third kappa shape index (κ3) is 3.18. The minimum absolute atomic E-state index is 0.0680. The molecular weight excluding hydrogens is 372 g/mol. The lowest BCUT2D eigenvalue weighted by atomic mass is 10.1. The number of amides is 1. The zero-order valence-electron chi connectivity index (χ0n) is 15.7. The van der Waals surface area contributed by atoms with Crippen LogP contribution in [0.3, 0.4) is 0 Å². The largest absolute Gasteiger partial charge is 0.422 e. The predicted octanol–water partition coefficient (Wildman–Crippen LogP) is 1.75. The molecule has 4 aromatic rings. The van der Waals surface area contributed by atoms with Crippen molar-refractivity contribution in [2.75, 3.05) is 24.5 Å². The molecule has 1 atom stereocenters. The molecule has 1 unspecified atom stereocenters. The molecule has 146 valence electrons. The molecule has 3 aromatic heterocycles. The van der Waals surface area contributed by atoms with Gasteiger partial charge in [-0.15, -0.1) is 5.10 Å². The van der Waals surface area contributed by atoms with Crippen LogP contribution in [-0.4, -0.2) is 61.0 Å². The van der Waals surface area contributed by atoms with Crippen LogP contribution in [0.15, 0.2) is 46.9 Å². The highest BCUT2D eigenvalue weighted by Gasteiger charge is 2.35. The van der Waals surface area contributed by atoms with E-state index in [9.17, 15) is 4.79 Å². The average molecular weight is 390 g/mol. The van der Waals surface area contributed by atoms with E-state index in [1.165, 1.54) is 0 Å². The maximum Gasteiger partial charge on any atom is 0.300 e. The Morgan fingerprint density at radius 1 is 1.14 bits per heavy atom. The number of carbonyl (C=O) groups excluding carboxylic acids is 1. The molecular formula is C19H18N8O2. The molecule has 1 aliphatic heterocycles. The number of hydrogen-bond acceptors (Lipinski definition) is 8. The van der Waals surface area contributed by atoms with Crippen molar-refractivity contribution in [2.45, 2.75) is 13.0 Å². The highest BCUT2D eigenvalue weighted by Crippen LogP contribution is 2.29. The minimum atomic E-state index is -0.365. The maximum atomic E-state index is 13.1. The molecule has 0 aliphatic carbocycles. The van der Waals surface area contributed by atoms with Crippen molar-refractivity contribution in [1.82, 2.24) is 35.5 Å². The Morgan fingerprint density at radius 3 is 2.79 bits per heavy atom. The average Bonchev–Trinajstić information content (AvgIpc) is 3.43. The van der Waals surface area contributed by atoms with E-state index in [2.05, 4.69) is 30.6 Å². The normalized spacial score (nSPS) is 17.1. The summed E-state index contributed by atoms with van der Waals surface area (Å²) in [4.78, 5) is 25.8. The van der Waals surface area contributed by atoms with Crippen LogP contribution in [0.25, 0.3) is 11.2 Å². The van der Waals surface area contributed by atoms with Gasteiger partial charge in [-0.25, -0.2) is 10.1 Å². The van der Waals surface area contributed by atoms with Gasteiger partial charge in [0.25, 0.3) is 11.9 Å². The SMILES string of the molecule is Cc1ccc2oc(N3CCN(C(=O)c4ccccc4)C(c4nnn[nH]4)C3)nc2n1. The summed E-state index contributed by atoms with van der Waals surface area (Å²) < 4.78 is 5.90. The monoisotopic (exact) mass is 390 g/mol. The molecule has 10 heteroatoms. The van der Waals surface area contributed by atoms with Gasteiger partial charge in [-0.3, -0.25) is 4.79 Å². The molecule has 0 radical (unpaired) electrons. The fraction of sp³-hybridized carbons (Fsp3) is 0.263. The van der Waals surface area contributed by atoms with Gasteiger partial charge in [0.1, 0.15) is 6.04 Å². The molecule has 29 heavy (non-hydrogen) atoms. The maximum absolute atomic E-state index is 13.1. The van der Waals surface area contributed by atoms with Crippen LogP contribution in [0.1, 0.15) is 27.9 Å². The number of nitrogens with one attached hydrogen (secondary N) is 1. The van der Waals surface area contributed by atoms with E-state index in [-0.39, 0.29) is 11.9 Å². The van der Waals surface area contributed by atoms with Crippen molar-refractivity contribution in [2.24, 2.45) is 0 Å². The van der Waals surface area contributed by atoms with Crippen LogP contribution in [-0.2, 0) is 0 Å². The molecule has 10 nitrogen and oxygen atoms in total. The van der Waals surface area contributed by atoms with E-state index in [4.69, 9.17) is 4.42 Å². The number of fused-ring (bicyclic) bond motifs is 1. The van der Waals surface area contributed by atoms with Crippen molar-refractivity contribution >= 4 is 23.2 Å². The molecule has 0 spiro atoms. The van der Waals surface area contributed by atoms with E-state index < -0.39 is 0 Å². The molecule has 5 rings (SSSR count). The predicted molar refractivity (Wildman–Crippen MR) is 103 cm³/mol. The Morgan fingerprint density at radius 2 is 2.00 bits per heavy atom. The van der Waals surface area contributed by atoms with E-state index >= 15 is 0 Å². The zero-order chi connectivity index (χ0) is 19.8. The van der Waals surface area contributed by atoms with Crippen LogP contribution < -0.4 is 4.90 Å². The van der Waals surface area contributed by atoms with Crippen LogP contribution in [0.2, 0.25) is 0 Å². The first-order valence-electron chi connectivity index (χ1n) is 9.28. The molecule has 0 saturated carbocycles. The Labute approximate surface area is 165 Å². The summed E-state index contributed by atoms with van der Waals surface area (Å²) in [5.41, 5.74) is 2.70. The summed E-state index contributed by atoms with van der Waals surface area (Å²) in [6, 6.07) is 13.0. The quantitative estimate of drug-likeness (QED) is 0.562.